The number of nitrogens with zero attached hydrogens (tertiary/aromatic N) is 4. The lowest BCUT2D eigenvalue weighted by molar-refractivity contribution is 0.578. The lowest BCUT2D eigenvalue weighted by atomic mass is 10.1. The van der Waals surface area contributed by atoms with Gasteiger partial charge >= 0.3 is 0 Å². The van der Waals surface area contributed by atoms with Crippen LogP contribution in [0.3, 0.4) is 0 Å². The zero-order valence-corrected chi connectivity index (χ0v) is 15.6. The van der Waals surface area contributed by atoms with Crippen molar-refractivity contribution in [1.82, 2.24) is 9.97 Å². The molecule has 1 saturated heterocycles. The monoisotopic (exact) mass is 370 g/mol. The Morgan fingerprint density at radius 2 is 1.50 bits per heavy atom. The molecule has 2 aromatic carbocycles. The van der Waals surface area contributed by atoms with Gasteiger partial charge < -0.3 is 15.5 Å². The quantitative estimate of drug-likeness (QED) is 0.670. The van der Waals surface area contributed by atoms with E-state index in [0.717, 1.165) is 30.3 Å². The Balaban J connectivity index is 1.42. The Kier molecular flexibility index (Phi) is 5.34. The standard InChI is InChI=1S/C22H22N6/c23-16-17-4-6-19(7-5-17)26-22-24-13-12-21(27-22)25-18-8-10-20(11-9-18)28-14-2-1-3-15-28/h4-13H,1-3,14-15H2,(H2,24,25,26,27). The second-order valence-electron chi connectivity index (χ2n) is 6.80. The summed E-state index contributed by atoms with van der Waals surface area (Å²) in [7, 11) is 0. The minimum atomic E-state index is 0.500. The first-order valence-electron chi connectivity index (χ1n) is 9.52. The highest BCUT2D eigenvalue weighted by atomic mass is 15.1. The summed E-state index contributed by atoms with van der Waals surface area (Å²) in [5.41, 5.74) is 3.72. The molecule has 6 nitrogen and oxygen atoms in total. The largest absolute Gasteiger partial charge is 0.372 e. The maximum atomic E-state index is 8.88. The van der Waals surface area contributed by atoms with Crippen LogP contribution >= 0.6 is 0 Å². The average molecular weight is 370 g/mol. The van der Waals surface area contributed by atoms with Gasteiger partial charge in [0.15, 0.2) is 0 Å². The van der Waals surface area contributed by atoms with Crippen LogP contribution in [0.15, 0.2) is 60.8 Å². The molecule has 0 radical (unpaired) electrons. The van der Waals surface area contributed by atoms with Crippen molar-refractivity contribution in [3.63, 3.8) is 0 Å². The molecule has 0 atom stereocenters. The van der Waals surface area contributed by atoms with Crippen molar-refractivity contribution < 1.29 is 0 Å². The third kappa shape index (κ3) is 4.38. The van der Waals surface area contributed by atoms with Gasteiger partial charge in [0.25, 0.3) is 0 Å². The van der Waals surface area contributed by atoms with Crippen LogP contribution in [-0.2, 0) is 0 Å². The first-order valence-corrected chi connectivity index (χ1v) is 9.52. The number of aromatic nitrogens is 2. The summed E-state index contributed by atoms with van der Waals surface area (Å²) in [5.74, 6) is 1.22. The van der Waals surface area contributed by atoms with E-state index in [1.54, 1.807) is 18.3 Å². The van der Waals surface area contributed by atoms with Gasteiger partial charge in [-0.15, -0.1) is 0 Å². The predicted octanol–water partition coefficient (Wildman–Crippen LogP) is 4.83. The van der Waals surface area contributed by atoms with Gasteiger partial charge in [-0.05, 0) is 73.9 Å². The van der Waals surface area contributed by atoms with Crippen LogP contribution < -0.4 is 15.5 Å². The van der Waals surface area contributed by atoms with Crippen LogP contribution in [0.2, 0.25) is 0 Å². The summed E-state index contributed by atoms with van der Waals surface area (Å²) in [6.45, 7) is 2.28. The van der Waals surface area contributed by atoms with Crippen LogP contribution in [0.4, 0.5) is 28.8 Å². The fraction of sp³-hybridized carbons (Fsp3) is 0.227. The molecular formula is C22H22N6. The molecule has 0 bridgehead atoms. The number of hydrogen-bond acceptors (Lipinski definition) is 6. The smallest absolute Gasteiger partial charge is 0.229 e. The zero-order chi connectivity index (χ0) is 19.2. The van der Waals surface area contributed by atoms with E-state index in [-0.39, 0.29) is 0 Å². The molecule has 0 unspecified atom stereocenters. The summed E-state index contributed by atoms with van der Waals surface area (Å²) >= 11 is 0. The fourth-order valence-electron chi connectivity index (χ4n) is 3.30. The second-order valence-corrected chi connectivity index (χ2v) is 6.80. The molecule has 6 heteroatoms. The summed E-state index contributed by atoms with van der Waals surface area (Å²) < 4.78 is 0. The van der Waals surface area contributed by atoms with Crippen molar-refractivity contribution in [3.8, 4) is 6.07 Å². The van der Waals surface area contributed by atoms with Crippen LogP contribution in [0.5, 0.6) is 0 Å². The molecule has 3 aromatic rings. The molecule has 2 N–H and O–H groups in total. The van der Waals surface area contributed by atoms with Crippen LogP contribution in [-0.4, -0.2) is 23.1 Å². The van der Waals surface area contributed by atoms with Gasteiger partial charge in [0.1, 0.15) is 5.82 Å². The van der Waals surface area contributed by atoms with E-state index in [1.807, 2.05) is 18.2 Å². The van der Waals surface area contributed by atoms with Crippen molar-refractivity contribution in [2.45, 2.75) is 19.3 Å². The van der Waals surface area contributed by atoms with E-state index in [0.29, 0.717) is 11.5 Å². The number of rotatable bonds is 5. The molecular weight excluding hydrogens is 348 g/mol. The first-order chi connectivity index (χ1) is 13.8. The molecule has 4 rings (SSSR count). The molecule has 0 aliphatic carbocycles. The van der Waals surface area contributed by atoms with Crippen molar-refractivity contribution in [2.24, 2.45) is 0 Å². The average Bonchev–Trinajstić information content (AvgIpc) is 2.76. The summed E-state index contributed by atoms with van der Waals surface area (Å²) in [5, 5.41) is 15.4. The van der Waals surface area contributed by atoms with E-state index in [1.165, 1.54) is 24.9 Å². The van der Waals surface area contributed by atoms with E-state index in [4.69, 9.17) is 5.26 Å². The Bertz CT molecular complexity index is 954. The third-order valence-corrected chi connectivity index (χ3v) is 4.79. The third-order valence-electron chi connectivity index (χ3n) is 4.79. The molecule has 1 aliphatic rings. The van der Waals surface area contributed by atoms with Gasteiger partial charge in [0.05, 0.1) is 11.6 Å². The molecule has 1 fully saturated rings. The van der Waals surface area contributed by atoms with Crippen molar-refractivity contribution in [1.29, 1.82) is 5.26 Å². The highest BCUT2D eigenvalue weighted by molar-refractivity contribution is 5.62. The molecule has 140 valence electrons. The molecule has 0 amide bonds. The van der Waals surface area contributed by atoms with E-state index < -0.39 is 0 Å². The maximum Gasteiger partial charge on any atom is 0.229 e. The summed E-state index contributed by atoms with van der Waals surface area (Å²) in [6.07, 6.45) is 5.60. The van der Waals surface area contributed by atoms with Gasteiger partial charge in [-0.1, -0.05) is 0 Å². The molecule has 1 aliphatic heterocycles. The van der Waals surface area contributed by atoms with E-state index in [2.05, 4.69) is 55.8 Å². The molecule has 2 heterocycles. The molecule has 0 saturated carbocycles. The number of benzene rings is 2. The van der Waals surface area contributed by atoms with E-state index >= 15 is 0 Å². The first kappa shape index (κ1) is 17.8. The summed E-state index contributed by atoms with van der Waals surface area (Å²) in [4.78, 5) is 11.2. The Hall–Kier alpha value is -3.59. The van der Waals surface area contributed by atoms with Crippen LogP contribution in [0.1, 0.15) is 24.8 Å². The minimum Gasteiger partial charge on any atom is -0.372 e. The van der Waals surface area contributed by atoms with Crippen LogP contribution in [0, 0.1) is 11.3 Å². The number of hydrogen-bond donors (Lipinski definition) is 2. The van der Waals surface area contributed by atoms with Crippen LogP contribution in [0.25, 0.3) is 0 Å². The highest BCUT2D eigenvalue weighted by Gasteiger charge is 2.10. The predicted molar refractivity (Wildman–Crippen MR) is 112 cm³/mol. The second kappa shape index (κ2) is 8.40. The number of nitrogens with one attached hydrogen (secondary N) is 2. The Labute approximate surface area is 164 Å². The van der Waals surface area contributed by atoms with E-state index in [9.17, 15) is 0 Å². The van der Waals surface area contributed by atoms with Gasteiger partial charge in [0, 0.05) is 36.3 Å². The Morgan fingerprint density at radius 1 is 0.821 bits per heavy atom. The zero-order valence-electron chi connectivity index (χ0n) is 15.6. The normalized spacial score (nSPS) is 13.6. The number of nitriles is 1. The Morgan fingerprint density at radius 3 is 2.21 bits per heavy atom. The molecule has 0 spiro atoms. The van der Waals surface area contributed by atoms with Gasteiger partial charge in [-0.25, -0.2) is 4.98 Å². The highest BCUT2D eigenvalue weighted by Crippen LogP contribution is 2.23. The topological polar surface area (TPSA) is 76.9 Å². The van der Waals surface area contributed by atoms with Gasteiger partial charge in [-0.2, -0.15) is 10.2 Å². The number of anilines is 5. The van der Waals surface area contributed by atoms with Gasteiger partial charge in [-0.3, -0.25) is 0 Å². The molecule has 1 aromatic heterocycles. The van der Waals surface area contributed by atoms with Crippen molar-refractivity contribution in [3.05, 3.63) is 66.4 Å². The van der Waals surface area contributed by atoms with Crippen molar-refractivity contribution in [2.75, 3.05) is 28.6 Å². The maximum absolute atomic E-state index is 8.88. The molecule has 28 heavy (non-hydrogen) atoms. The fourth-order valence-corrected chi connectivity index (χ4v) is 3.30. The minimum absolute atomic E-state index is 0.500. The SMILES string of the molecule is N#Cc1ccc(Nc2nccc(Nc3ccc(N4CCCCC4)cc3)n2)cc1. The lowest BCUT2D eigenvalue weighted by Crippen LogP contribution is -2.29. The summed E-state index contributed by atoms with van der Waals surface area (Å²) in [6, 6.07) is 19.6. The lowest BCUT2D eigenvalue weighted by Gasteiger charge is -2.28. The number of piperidine rings is 1. The van der Waals surface area contributed by atoms with Crippen molar-refractivity contribution >= 4 is 28.8 Å². The van der Waals surface area contributed by atoms with Gasteiger partial charge in [0.2, 0.25) is 5.95 Å².